The first-order chi connectivity index (χ1) is 11.7. The van der Waals surface area contributed by atoms with Crippen LogP contribution in [0.1, 0.15) is 11.3 Å². The van der Waals surface area contributed by atoms with Crippen molar-refractivity contribution < 1.29 is 4.39 Å². The van der Waals surface area contributed by atoms with Gasteiger partial charge in [-0.25, -0.2) is 19.0 Å². The molecule has 3 heterocycles. The van der Waals surface area contributed by atoms with Gasteiger partial charge in [0, 0.05) is 11.9 Å². The maximum Gasteiger partial charge on any atom is 0.150 e. The zero-order valence-electron chi connectivity index (χ0n) is 13.0. The van der Waals surface area contributed by atoms with Crippen molar-refractivity contribution in [1.82, 2.24) is 24.1 Å². The van der Waals surface area contributed by atoms with Crippen molar-refractivity contribution in [2.45, 2.75) is 13.5 Å². The van der Waals surface area contributed by atoms with Crippen LogP contribution in [-0.4, -0.2) is 24.1 Å². The van der Waals surface area contributed by atoms with Gasteiger partial charge in [0.05, 0.1) is 18.4 Å². The van der Waals surface area contributed by atoms with Crippen LogP contribution < -0.4 is 5.32 Å². The van der Waals surface area contributed by atoms with Crippen molar-refractivity contribution in [3.05, 3.63) is 72.5 Å². The predicted octanol–water partition coefficient (Wildman–Crippen LogP) is 2.97. The van der Waals surface area contributed by atoms with Crippen molar-refractivity contribution >= 4 is 11.3 Å². The Morgan fingerprint density at radius 3 is 2.96 bits per heavy atom. The average molecular weight is 322 g/mol. The van der Waals surface area contributed by atoms with Crippen LogP contribution in [0.4, 0.5) is 10.1 Å². The van der Waals surface area contributed by atoms with Crippen LogP contribution in [-0.2, 0) is 6.54 Å². The minimum absolute atomic E-state index is 0.362. The molecule has 4 aromatic rings. The molecule has 3 aromatic heterocycles. The van der Waals surface area contributed by atoms with Gasteiger partial charge in [-0.2, -0.15) is 5.10 Å². The molecule has 24 heavy (non-hydrogen) atoms. The predicted molar refractivity (Wildman–Crippen MR) is 88.6 cm³/mol. The van der Waals surface area contributed by atoms with E-state index < -0.39 is 0 Å². The summed E-state index contributed by atoms with van der Waals surface area (Å²) in [6.45, 7) is 2.57. The number of benzene rings is 1. The number of hydrogen-bond donors (Lipinski definition) is 1. The number of imidazole rings is 1. The first-order valence-electron chi connectivity index (χ1n) is 7.52. The number of anilines is 1. The quantitative estimate of drug-likeness (QED) is 0.627. The molecular formula is C17H15FN6. The standard InChI is InChI=1S/C17H15FN6/c1-12-3-2-6-23-14(9-21-17(12)23)8-20-13-4-5-16(15(18)7-13)24-11-19-10-22-24/h2-7,9-11,20H,8H2,1H3. The molecule has 120 valence electrons. The van der Waals surface area contributed by atoms with Gasteiger partial charge in [-0.1, -0.05) is 6.07 Å². The first kappa shape index (κ1) is 14.4. The summed E-state index contributed by atoms with van der Waals surface area (Å²) >= 11 is 0. The highest BCUT2D eigenvalue weighted by Crippen LogP contribution is 2.18. The van der Waals surface area contributed by atoms with E-state index in [0.29, 0.717) is 17.9 Å². The molecule has 1 aromatic carbocycles. The third-order valence-electron chi connectivity index (χ3n) is 3.89. The molecule has 0 saturated carbocycles. The summed E-state index contributed by atoms with van der Waals surface area (Å²) in [4.78, 5) is 8.25. The Morgan fingerprint density at radius 1 is 1.25 bits per heavy atom. The minimum atomic E-state index is -0.362. The Balaban J connectivity index is 1.55. The second-order valence-electron chi connectivity index (χ2n) is 5.49. The molecule has 0 radical (unpaired) electrons. The number of fused-ring (bicyclic) bond motifs is 1. The largest absolute Gasteiger partial charge is 0.379 e. The molecule has 0 fully saturated rings. The minimum Gasteiger partial charge on any atom is -0.379 e. The van der Waals surface area contributed by atoms with Gasteiger partial charge < -0.3 is 9.72 Å². The number of pyridine rings is 1. The maximum atomic E-state index is 14.2. The van der Waals surface area contributed by atoms with Crippen molar-refractivity contribution in [3.8, 4) is 5.69 Å². The monoisotopic (exact) mass is 322 g/mol. The number of halogens is 1. The number of aryl methyl sites for hydroxylation is 1. The van der Waals surface area contributed by atoms with Gasteiger partial charge in [-0.15, -0.1) is 0 Å². The first-order valence-corrected chi connectivity index (χ1v) is 7.52. The number of nitrogens with one attached hydrogen (secondary N) is 1. The van der Waals surface area contributed by atoms with Crippen LogP contribution in [0.15, 0.2) is 55.4 Å². The SMILES string of the molecule is Cc1cccn2c(CNc3ccc(-n4cncn4)c(F)c3)cnc12. The van der Waals surface area contributed by atoms with Crippen molar-refractivity contribution in [3.63, 3.8) is 0 Å². The molecule has 0 aliphatic carbocycles. The van der Waals surface area contributed by atoms with Crippen molar-refractivity contribution in [2.24, 2.45) is 0 Å². The fraction of sp³-hybridized carbons (Fsp3) is 0.118. The molecular weight excluding hydrogens is 307 g/mol. The van der Waals surface area contributed by atoms with Crippen molar-refractivity contribution in [2.75, 3.05) is 5.32 Å². The van der Waals surface area contributed by atoms with Gasteiger partial charge in [0.25, 0.3) is 0 Å². The zero-order chi connectivity index (χ0) is 16.5. The molecule has 0 saturated heterocycles. The normalized spacial score (nSPS) is 11.1. The number of hydrogen-bond acceptors (Lipinski definition) is 4. The third-order valence-corrected chi connectivity index (χ3v) is 3.89. The molecule has 0 spiro atoms. The fourth-order valence-electron chi connectivity index (χ4n) is 2.66. The van der Waals surface area contributed by atoms with Gasteiger partial charge in [-0.3, -0.25) is 0 Å². The summed E-state index contributed by atoms with van der Waals surface area (Å²) in [5, 5.41) is 7.17. The lowest BCUT2D eigenvalue weighted by molar-refractivity contribution is 0.611. The molecule has 0 unspecified atom stereocenters. The lowest BCUT2D eigenvalue weighted by Gasteiger charge is -2.09. The Bertz CT molecular complexity index is 990. The Hall–Kier alpha value is -3.22. The molecule has 0 aliphatic rings. The molecule has 6 nitrogen and oxygen atoms in total. The summed E-state index contributed by atoms with van der Waals surface area (Å²) in [5.74, 6) is -0.362. The van der Waals surface area contributed by atoms with Crippen LogP contribution in [0.2, 0.25) is 0 Å². The molecule has 7 heteroatoms. The van der Waals surface area contributed by atoms with E-state index in [1.165, 1.54) is 23.4 Å². The summed E-state index contributed by atoms with van der Waals surface area (Å²) in [6.07, 6.45) is 6.64. The van der Waals surface area contributed by atoms with E-state index in [9.17, 15) is 4.39 Å². The topological polar surface area (TPSA) is 60.0 Å². The highest BCUT2D eigenvalue weighted by atomic mass is 19.1. The molecule has 0 aliphatic heterocycles. The lowest BCUT2D eigenvalue weighted by atomic mass is 10.2. The summed E-state index contributed by atoms with van der Waals surface area (Å²) in [7, 11) is 0. The number of nitrogens with zero attached hydrogens (tertiary/aromatic N) is 5. The van der Waals surface area contributed by atoms with Gasteiger partial charge in [-0.05, 0) is 36.8 Å². The second-order valence-corrected chi connectivity index (χ2v) is 5.49. The van der Waals surface area contributed by atoms with Crippen molar-refractivity contribution in [1.29, 1.82) is 0 Å². The Kier molecular flexibility index (Phi) is 3.45. The molecule has 4 rings (SSSR count). The van der Waals surface area contributed by atoms with E-state index in [-0.39, 0.29) is 5.82 Å². The van der Waals surface area contributed by atoms with Gasteiger partial charge in [0.2, 0.25) is 0 Å². The summed E-state index contributed by atoms with van der Waals surface area (Å²) in [5.41, 5.74) is 4.12. The Labute approximate surface area is 137 Å². The molecule has 0 amide bonds. The van der Waals surface area contributed by atoms with E-state index in [1.807, 2.05) is 41.9 Å². The van der Waals surface area contributed by atoms with Crippen LogP contribution in [0, 0.1) is 12.7 Å². The van der Waals surface area contributed by atoms with E-state index in [0.717, 1.165) is 16.9 Å². The highest BCUT2D eigenvalue weighted by molar-refractivity contribution is 5.51. The summed E-state index contributed by atoms with van der Waals surface area (Å²) in [6, 6.07) is 8.95. The van der Waals surface area contributed by atoms with Crippen LogP contribution in [0.3, 0.4) is 0 Å². The van der Waals surface area contributed by atoms with E-state index in [4.69, 9.17) is 0 Å². The number of aromatic nitrogens is 5. The third kappa shape index (κ3) is 2.50. The molecule has 0 bridgehead atoms. The van der Waals surface area contributed by atoms with Crippen LogP contribution in [0.25, 0.3) is 11.3 Å². The fourth-order valence-corrected chi connectivity index (χ4v) is 2.66. The number of rotatable bonds is 4. The van der Waals surface area contributed by atoms with E-state index in [2.05, 4.69) is 20.4 Å². The van der Waals surface area contributed by atoms with Crippen LogP contribution in [0.5, 0.6) is 0 Å². The van der Waals surface area contributed by atoms with Crippen LogP contribution >= 0.6 is 0 Å². The highest BCUT2D eigenvalue weighted by Gasteiger charge is 2.08. The summed E-state index contributed by atoms with van der Waals surface area (Å²) < 4.78 is 17.7. The Morgan fingerprint density at radius 2 is 2.17 bits per heavy atom. The molecule has 1 N–H and O–H groups in total. The average Bonchev–Trinajstić information content (AvgIpc) is 3.23. The second kappa shape index (κ2) is 5.77. The molecule has 0 atom stereocenters. The van der Waals surface area contributed by atoms with Gasteiger partial charge in [0.1, 0.15) is 24.0 Å². The van der Waals surface area contributed by atoms with E-state index >= 15 is 0 Å². The maximum absolute atomic E-state index is 14.2. The van der Waals surface area contributed by atoms with E-state index in [1.54, 1.807) is 6.07 Å². The van der Waals surface area contributed by atoms with Gasteiger partial charge >= 0.3 is 0 Å². The van der Waals surface area contributed by atoms with Gasteiger partial charge in [0.15, 0.2) is 5.82 Å². The zero-order valence-corrected chi connectivity index (χ0v) is 13.0. The smallest absolute Gasteiger partial charge is 0.150 e. The lowest BCUT2D eigenvalue weighted by Crippen LogP contribution is -2.04.